The van der Waals surface area contributed by atoms with Crippen LogP contribution >= 0.6 is 11.3 Å². The van der Waals surface area contributed by atoms with E-state index >= 15 is 0 Å². The number of thiazole rings is 1. The van der Waals surface area contributed by atoms with Gasteiger partial charge in [0, 0.05) is 24.4 Å². The predicted molar refractivity (Wildman–Crippen MR) is 75.5 cm³/mol. The molecule has 1 unspecified atom stereocenters. The number of ether oxygens (including phenoxy) is 1. The van der Waals surface area contributed by atoms with Crippen LogP contribution in [0.15, 0.2) is 5.38 Å². The van der Waals surface area contributed by atoms with Gasteiger partial charge in [0.2, 0.25) is 0 Å². The standard InChI is InChI=1S/C13H21N3O2S/c1-3-18-7-6-14-13(17)15-9(2)11-8-19-12(16-11)10-4-5-10/h8-10H,3-7H2,1-2H3,(H2,14,15,17). The Hall–Kier alpha value is -1.14. The normalized spacial score (nSPS) is 16.1. The summed E-state index contributed by atoms with van der Waals surface area (Å²) in [6.07, 6.45) is 2.51. The number of hydrogen-bond donors (Lipinski definition) is 2. The van der Waals surface area contributed by atoms with Crippen molar-refractivity contribution in [1.29, 1.82) is 0 Å². The molecule has 1 aliphatic rings. The maximum absolute atomic E-state index is 11.6. The summed E-state index contributed by atoms with van der Waals surface area (Å²) in [6, 6.07) is -0.232. The fourth-order valence-corrected chi connectivity index (χ4v) is 2.80. The van der Waals surface area contributed by atoms with Gasteiger partial charge >= 0.3 is 6.03 Å². The van der Waals surface area contributed by atoms with Crippen molar-refractivity contribution in [2.24, 2.45) is 0 Å². The van der Waals surface area contributed by atoms with E-state index in [0.29, 0.717) is 25.7 Å². The highest BCUT2D eigenvalue weighted by molar-refractivity contribution is 7.09. The minimum atomic E-state index is -0.173. The number of carbonyl (C=O) groups excluding carboxylic acids is 1. The first-order valence-electron chi connectivity index (χ1n) is 6.78. The average Bonchev–Trinajstić information content (AvgIpc) is 3.12. The molecule has 2 N–H and O–H groups in total. The van der Waals surface area contributed by atoms with E-state index in [9.17, 15) is 4.79 Å². The van der Waals surface area contributed by atoms with Gasteiger partial charge in [0.1, 0.15) is 0 Å². The molecule has 6 heteroatoms. The van der Waals surface area contributed by atoms with Gasteiger partial charge in [-0.2, -0.15) is 0 Å². The monoisotopic (exact) mass is 283 g/mol. The van der Waals surface area contributed by atoms with Crippen LogP contribution in [0.5, 0.6) is 0 Å². The van der Waals surface area contributed by atoms with Gasteiger partial charge in [-0.05, 0) is 26.7 Å². The molecule has 2 rings (SSSR count). The van der Waals surface area contributed by atoms with E-state index in [1.165, 1.54) is 17.8 Å². The molecule has 0 aliphatic heterocycles. The molecule has 0 aromatic carbocycles. The summed E-state index contributed by atoms with van der Waals surface area (Å²) in [4.78, 5) is 16.2. The molecule has 1 atom stereocenters. The highest BCUT2D eigenvalue weighted by Gasteiger charge is 2.27. The van der Waals surface area contributed by atoms with Crippen molar-refractivity contribution in [2.45, 2.75) is 38.6 Å². The largest absolute Gasteiger partial charge is 0.380 e. The SMILES string of the molecule is CCOCCNC(=O)NC(C)c1csc(C2CC2)n1. The summed E-state index contributed by atoms with van der Waals surface area (Å²) < 4.78 is 5.16. The molecule has 1 aromatic rings. The van der Waals surface area contributed by atoms with Crippen LogP contribution in [-0.4, -0.2) is 30.8 Å². The fraction of sp³-hybridized carbons (Fsp3) is 0.692. The summed E-state index contributed by atoms with van der Waals surface area (Å²) in [5.41, 5.74) is 0.951. The zero-order valence-corrected chi connectivity index (χ0v) is 12.3. The van der Waals surface area contributed by atoms with Crippen LogP contribution < -0.4 is 10.6 Å². The fourth-order valence-electron chi connectivity index (χ4n) is 1.72. The molecule has 0 bridgehead atoms. The lowest BCUT2D eigenvalue weighted by molar-refractivity contribution is 0.149. The van der Waals surface area contributed by atoms with Crippen molar-refractivity contribution in [1.82, 2.24) is 15.6 Å². The summed E-state index contributed by atoms with van der Waals surface area (Å²) in [7, 11) is 0. The molecule has 0 saturated heterocycles. The Kier molecular flexibility index (Phi) is 5.15. The topological polar surface area (TPSA) is 63.2 Å². The van der Waals surface area contributed by atoms with E-state index in [4.69, 9.17) is 4.74 Å². The number of amides is 2. The minimum Gasteiger partial charge on any atom is -0.380 e. The molecule has 1 saturated carbocycles. The smallest absolute Gasteiger partial charge is 0.315 e. The van der Waals surface area contributed by atoms with Crippen molar-refractivity contribution in [2.75, 3.05) is 19.8 Å². The lowest BCUT2D eigenvalue weighted by Gasteiger charge is -2.12. The number of rotatable bonds is 7. The van der Waals surface area contributed by atoms with Crippen LogP contribution in [0.4, 0.5) is 4.79 Å². The van der Waals surface area contributed by atoms with Crippen LogP contribution in [0.25, 0.3) is 0 Å². The second kappa shape index (κ2) is 6.86. The summed E-state index contributed by atoms with van der Waals surface area (Å²) in [5.74, 6) is 0.672. The molecule has 1 heterocycles. The van der Waals surface area contributed by atoms with Crippen LogP contribution in [-0.2, 0) is 4.74 Å². The van der Waals surface area contributed by atoms with Crippen LogP contribution in [0.2, 0.25) is 0 Å². The highest BCUT2D eigenvalue weighted by atomic mass is 32.1. The molecule has 0 radical (unpaired) electrons. The van der Waals surface area contributed by atoms with Gasteiger partial charge in [-0.3, -0.25) is 0 Å². The van der Waals surface area contributed by atoms with Gasteiger partial charge in [-0.15, -0.1) is 11.3 Å². The first-order valence-corrected chi connectivity index (χ1v) is 7.66. The molecule has 106 valence electrons. The summed E-state index contributed by atoms with van der Waals surface area (Å²) in [5, 5.41) is 8.89. The molecular formula is C13H21N3O2S. The third kappa shape index (κ3) is 4.47. The Morgan fingerprint density at radius 2 is 2.42 bits per heavy atom. The number of hydrogen-bond acceptors (Lipinski definition) is 4. The number of aromatic nitrogens is 1. The molecule has 1 fully saturated rings. The van der Waals surface area contributed by atoms with E-state index in [1.807, 2.05) is 19.2 Å². The second-order valence-electron chi connectivity index (χ2n) is 4.70. The predicted octanol–water partition coefficient (Wildman–Crippen LogP) is 2.42. The number of carbonyl (C=O) groups is 1. The number of urea groups is 1. The van der Waals surface area contributed by atoms with Crippen molar-refractivity contribution in [3.63, 3.8) is 0 Å². The molecule has 1 aromatic heterocycles. The van der Waals surface area contributed by atoms with Gasteiger partial charge in [0.05, 0.1) is 23.4 Å². The Morgan fingerprint density at radius 3 is 3.11 bits per heavy atom. The molecule has 1 aliphatic carbocycles. The third-order valence-corrected chi connectivity index (χ3v) is 4.02. The summed E-state index contributed by atoms with van der Waals surface area (Å²) in [6.45, 7) is 5.62. The first kappa shape index (κ1) is 14.3. The zero-order valence-electron chi connectivity index (χ0n) is 11.4. The molecular weight excluding hydrogens is 262 g/mol. The zero-order chi connectivity index (χ0) is 13.7. The molecule has 5 nitrogen and oxygen atoms in total. The second-order valence-corrected chi connectivity index (χ2v) is 5.59. The van der Waals surface area contributed by atoms with Gasteiger partial charge in [-0.1, -0.05) is 0 Å². The van der Waals surface area contributed by atoms with Gasteiger partial charge in [0.25, 0.3) is 0 Å². The molecule has 2 amide bonds. The lowest BCUT2D eigenvalue weighted by Crippen LogP contribution is -2.38. The van der Waals surface area contributed by atoms with E-state index in [1.54, 1.807) is 11.3 Å². The lowest BCUT2D eigenvalue weighted by atomic mass is 10.2. The maximum Gasteiger partial charge on any atom is 0.315 e. The van der Waals surface area contributed by atoms with Crippen molar-refractivity contribution >= 4 is 17.4 Å². The van der Waals surface area contributed by atoms with Gasteiger partial charge in [0.15, 0.2) is 0 Å². The average molecular weight is 283 g/mol. The van der Waals surface area contributed by atoms with Crippen molar-refractivity contribution in [3.05, 3.63) is 16.1 Å². The molecule has 19 heavy (non-hydrogen) atoms. The van der Waals surface area contributed by atoms with Crippen LogP contribution in [0.1, 0.15) is 49.4 Å². The van der Waals surface area contributed by atoms with E-state index in [2.05, 4.69) is 15.6 Å². The Balaban J connectivity index is 1.72. The highest BCUT2D eigenvalue weighted by Crippen LogP contribution is 2.41. The van der Waals surface area contributed by atoms with E-state index < -0.39 is 0 Å². The van der Waals surface area contributed by atoms with Crippen molar-refractivity contribution < 1.29 is 9.53 Å². The van der Waals surface area contributed by atoms with Crippen LogP contribution in [0.3, 0.4) is 0 Å². The van der Waals surface area contributed by atoms with E-state index in [0.717, 1.165) is 5.69 Å². The minimum absolute atomic E-state index is 0.0594. The Morgan fingerprint density at radius 1 is 1.63 bits per heavy atom. The summed E-state index contributed by atoms with van der Waals surface area (Å²) >= 11 is 1.70. The quantitative estimate of drug-likeness (QED) is 0.755. The first-order chi connectivity index (χ1) is 9.20. The number of nitrogens with one attached hydrogen (secondary N) is 2. The van der Waals surface area contributed by atoms with Crippen LogP contribution in [0, 0.1) is 0 Å². The van der Waals surface area contributed by atoms with Gasteiger partial charge in [-0.25, -0.2) is 9.78 Å². The number of nitrogens with zero attached hydrogens (tertiary/aromatic N) is 1. The maximum atomic E-state index is 11.6. The third-order valence-electron chi connectivity index (χ3n) is 2.99. The van der Waals surface area contributed by atoms with E-state index in [-0.39, 0.29) is 12.1 Å². The Bertz CT molecular complexity index is 418. The van der Waals surface area contributed by atoms with Crippen molar-refractivity contribution in [3.8, 4) is 0 Å². The molecule has 0 spiro atoms. The van der Waals surface area contributed by atoms with Gasteiger partial charge < -0.3 is 15.4 Å². The Labute approximate surface area is 117 Å².